The molecule has 0 aliphatic heterocycles. The molecule has 2 heterocycles. The highest BCUT2D eigenvalue weighted by atomic mass is 32.1. The summed E-state index contributed by atoms with van der Waals surface area (Å²) in [5.74, 6) is -0.460. The van der Waals surface area contributed by atoms with Crippen LogP contribution in [0.2, 0.25) is 0 Å². The van der Waals surface area contributed by atoms with E-state index in [0.717, 1.165) is 11.3 Å². The summed E-state index contributed by atoms with van der Waals surface area (Å²) < 4.78 is 12.9. The van der Waals surface area contributed by atoms with Gasteiger partial charge in [0.05, 0.1) is 10.6 Å². The van der Waals surface area contributed by atoms with E-state index in [1.807, 2.05) is 29.6 Å². The van der Waals surface area contributed by atoms with Crippen LogP contribution in [-0.4, -0.2) is 10.8 Å². The number of hydrogen-bond donors (Lipinski definition) is 0. The van der Waals surface area contributed by atoms with Gasteiger partial charge in [-0.2, -0.15) is 0 Å². The van der Waals surface area contributed by atoms with Crippen molar-refractivity contribution in [1.29, 1.82) is 0 Å². The third kappa shape index (κ3) is 2.38. The summed E-state index contributed by atoms with van der Waals surface area (Å²) in [6, 6.07) is 13.0. The number of hydrogen-bond acceptors (Lipinski definition) is 3. The smallest absolute Gasteiger partial charge is 0.203 e. The molecule has 0 saturated carbocycles. The number of nitrogens with zero attached hydrogens (tertiary/aromatic N) is 1. The van der Waals surface area contributed by atoms with E-state index in [1.54, 1.807) is 6.20 Å². The Kier molecular flexibility index (Phi) is 3.39. The second-order valence-corrected chi connectivity index (χ2v) is 5.13. The second kappa shape index (κ2) is 5.35. The Morgan fingerprint density at radius 2 is 1.85 bits per heavy atom. The summed E-state index contributed by atoms with van der Waals surface area (Å²) in [7, 11) is 0. The molecule has 3 aromatic rings. The first-order valence-corrected chi connectivity index (χ1v) is 6.93. The van der Waals surface area contributed by atoms with E-state index in [1.165, 1.54) is 35.6 Å². The lowest BCUT2D eigenvalue weighted by Crippen LogP contribution is -2.00. The fraction of sp³-hybridized carbons (Fsp3) is 0. The van der Waals surface area contributed by atoms with Crippen LogP contribution >= 0.6 is 11.3 Å². The van der Waals surface area contributed by atoms with Gasteiger partial charge in [-0.15, -0.1) is 11.3 Å². The number of benzene rings is 1. The van der Waals surface area contributed by atoms with Crippen LogP contribution in [-0.2, 0) is 0 Å². The van der Waals surface area contributed by atoms with Crippen LogP contribution in [0.4, 0.5) is 4.39 Å². The number of thiophene rings is 1. The lowest BCUT2D eigenvalue weighted by atomic mass is 10.0. The van der Waals surface area contributed by atoms with Gasteiger partial charge in [-0.3, -0.25) is 9.78 Å². The molecule has 2 aromatic heterocycles. The summed E-state index contributed by atoms with van der Waals surface area (Å²) in [5, 5.41) is 1.86. The van der Waals surface area contributed by atoms with E-state index in [-0.39, 0.29) is 11.6 Å². The van der Waals surface area contributed by atoms with Gasteiger partial charge < -0.3 is 0 Å². The molecular weight excluding hydrogens is 273 g/mol. The maximum Gasteiger partial charge on any atom is 0.203 e. The van der Waals surface area contributed by atoms with Crippen LogP contribution in [0.5, 0.6) is 0 Å². The summed E-state index contributed by atoms with van der Waals surface area (Å²) in [6.45, 7) is 0. The summed E-state index contributed by atoms with van der Waals surface area (Å²) in [6.07, 6.45) is 1.69. The molecule has 3 rings (SSSR count). The van der Waals surface area contributed by atoms with Crippen LogP contribution in [0.3, 0.4) is 0 Å². The first-order valence-electron chi connectivity index (χ1n) is 6.05. The third-order valence-corrected chi connectivity index (χ3v) is 3.83. The molecule has 0 N–H and O–H groups in total. The molecule has 0 saturated heterocycles. The standard InChI is InChI=1S/C16H10FNOS/c17-12-6-4-11(5-7-12)15(19)16-13(8-10-20-16)14-3-1-2-9-18-14/h1-10H. The lowest BCUT2D eigenvalue weighted by molar-refractivity contribution is 0.104. The average Bonchev–Trinajstić information content (AvgIpc) is 2.97. The van der Waals surface area contributed by atoms with E-state index in [2.05, 4.69) is 4.98 Å². The molecule has 1 aromatic carbocycles. The maximum atomic E-state index is 12.9. The predicted octanol–water partition coefficient (Wildman–Crippen LogP) is 4.18. The zero-order valence-corrected chi connectivity index (χ0v) is 11.2. The topological polar surface area (TPSA) is 30.0 Å². The summed E-state index contributed by atoms with van der Waals surface area (Å²) in [4.78, 5) is 17.4. The van der Waals surface area contributed by atoms with Crippen molar-refractivity contribution in [2.45, 2.75) is 0 Å². The monoisotopic (exact) mass is 283 g/mol. The number of halogens is 1. The largest absolute Gasteiger partial charge is 0.288 e. The molecule has 0 unspecified atom stereocenters. The van der Waals surface area contributed by atoms with Gasteiger partial charge in [0.2, 0.25) is 5.78 Å². The van der Waals surface area contributed by atoms with E-state index < -0.39 is 0 Å². The van der Waals surface area contributed by atoms with Crippen molar-refractivity contribution in [3.63, 3.8) is 0 Å². The van der Waals surface area contributed by atoms with Crippen molar-refractivity contribution in [3.05, 3.63) is 76.4 Å². The Morgan fingerprint density at radius 1 is 1.05 bits per heavy atom. The van der Waals surface area contributed by atoms with Crippen molar-refractivity contribution < 1.29 is 9.18 Å². The lowest BCUT2D eigenvalue weighted by Gasteiger charge is -2.03. The molecular formula is C16H10FNOS. The molecule has 2 nitrogen and oxygen atoms in total. The predicted molar refractivity (Wildman–Crippen MR) is 77.4 cm³/mol. The molecule has 0 aliphatic rings. The van der Waals surface area contributed by atoms with Gasteiger partial charge in [0.15, 0.2) is 0 Å². The highest BCUT2D eigenvalue weighted by molar-refractivity contribution is 7.12. The summed E-state index contributed by atoms with van der Waals surface area (Å²) in [5.41, 5.74) is 2.05. The Balaban J connectivity index is 2.02. The van der Waals surface area contributed by atoms with Crippen LogP contribution in [0, 0.1) is 5.82 Å². The Bertz CT molecular complexity index is 735. The maximum absolute atomic E-state index is 12.9. The molecule has 0 aliphatic carbocycles. The van der Waals surface area contributed by atoms with Crippen LogP contribution in [0.1, 0.15) is 15.2 Å². The Labute approximate surface area is 119 Å². The van der Waals surface area contributed by atoms with Gasteiger partial charge in [-0.05, 0) is 47.8 Å². The third-order valence-electron chi connectivity index (χ3n) is 2.92. The number of pyridine rings is 1. The van der Waals surface area contributed by atoms with Crippen molar-refractivity contribution in [2.24, 2.45) is 0 Å². The van der Waals surface area contributed by atoms with Crippen molar-refractivity contribution in [3.8, 4) is 11.3 Å². The van der Waals surface area contributed by atoms with Crippen LogP contribution < -0.4 is 0 Å². The van der Waals surface area contributed by atoms with E-state index in [0.29, 0.717) is 10.4 Å². The molecule has 4 heteroatoms. The normalized spacial score (nSPS) is 10.4. The average molecular weight is 283 g/mol. The number of carbonyl (C=O) groups excluding carboxylic acids is 1. The van der Waals surface area contributed by atoms with Gasteiger partial charge >= 0.3 is 0 Å². The van der Waals surface area contributed by atoms with Crippen molar-refractivity contribution in [2.75, 3.05) is 0 Å². The van der Waals surface area contributed by atoms with E-state index in [4.69, 9.17) is 0 Å². The fourth-order valence-electron chi connectivity index (χ4n) is 1.94. The Hall–Kier alpha value is -2.33. The molecule has 0 atom stereocenters. The molecule has 0 radical (unpaired) electrons. The minimum atomic E-state index is -0.349. The van der Waals surface area contributed by atoms with Gasteiger partial charge in [0.1, 0.15) is 5.82 Å². The van der Waals surface area contributed by atoms with Gasteiger partial charge in [0, 0.05) is 17.3 Å². The number of ketones is 1. The molecule has 0 bridgehead atoms. The molecule has 0 fully saturated rings. The van der Waals surface area contributed by atoms with Crippen LogP contribution in [0.15, 0.2) is 60.1 Å². The SMILES string of the molecule is O=C(c1ccc(F)cc1)c1sccc1-c1ccccn1. The van der Waals surface area contributed by atoms with Crippen molar-refractivity contribution >= 4 is 17.1 Å². The quantitative estimate of drug-likeness (QED) is 0.675. The van der Waals surface area contributed by atoms with Crippen molar-refractivity contribution in [1.82, 2.24) is 4.98 Å². The Morgan fingerprint density at radius 3 is 2.55 bits per heavy atom. The van der Waals surface area contributed by atoms with Gasteiger partial charge in [-0.25, -0.2) is 4.39 Å². The first-order chi connectivity index (χ1) is 9.75. The molecule has 20 heavy (non-hydrogen) atoms. The van der Waals surface area contributed by atoms with Crippen LogP contribution in [0.25, 0.3) is 11.3 Å². The zero-order chi connectivity index (χ0) is 13.9. The van der Waals surface area contributed by atoms with E-state index >= 15 is 0 Å². The van der Waals surface area contributed by atoms with E-state index in [9.17, 15) is 9.18 Å². The van der Waals surface area contributed by atoms with Gasteiger partial charge in [0.25, 0.3) is 0 Å². The zero-order valence-electron chi connectivity index (χ0n) is 10.4. The molecule has 0 spiro atoms. The summed E-state index contributed by atoms with van der Waals surface area (Å²) >= 11 is 1.37. The fourth-order valence-corrected chi connectivity index (χ4v) is 2.81. The molecule has 0 amide bonds. The highest BCUT2D eigenvalue weighted by Crippen LogP contribution is 2.28. The number of aromatic nitrogens is 1. The highest BCUT2D eigenvalue weighted by Gasteiger charge is 2.16. The second-order valence-electron chi connectivity index (χ2n) is 4.21. The number of carbonyl (C=O) groups is 1. The molecule has 98 valence electrons. The van der Waals surface area contributed by atoms with Gasteiger partial charge in [-0.1, -0.05) is 6.07 Å². The number of rotatable bonds is 3. The minimum absolute atomic E-state index is 0.111. The minimum Gasteiger partial charge on any atom is -0.288 e. The first kappa shape index (κ1) is 12.7.